The molecule has 1 unspecified atom stereocenters. The lowest BCUT2D eigenvalue weighted by atomic mass is 10.2. The molecule has 0 rings (SSSR count). The highest BCUT2D eigenvalue weighted by molar-refractivity contribution is 7.38. The van der Waals surface area contributed by atoms with Crippen LogP contribution in [0.2, 0.25) is 0 Å². The average molecular weight is 252 g/mol. The zero-order valence-corrected chi connectivity index (χ0v) is 11.0. The fraction of sp³-hybridized carbons (Fsp3) is 0.900. The summed E-state index contributed by atoms with van der Waals surface area (Å²) < 4.78 is 15.5. The number of unbranched alkanes of at least 4 members (excludes halogenated alkanes) is 2. The smallest absolute Gasteiger partial charge is 0.331 e. The van der Waals surface area contributed by atoms with Crippen LogP contribution in [-0.2, 0) is 23.7 Å². The minimum atomic E-state index is -1.81. The highest BCUT2D eigenvalue weighted by atomic mass is 31.1. The van der Waals surface area contributed by atoms with E-state index < -0.39 is 8.03 Å². The summed E-state index contributed by atoms with van der Waals surface area (Å²) in [5.41, 5.74) is 0. The highest BCUT2D eigenvalue weighted by Crippen LogP contribution is 2.15. The number of hydrogen-bond donors (Lipinski definition) is 0. The van der Waals surface area contributed by atoms with Crippen LogP contribution in [0.3, 0.4) is 0 Å². The summed E-state index contributed by atoms with van der Waals surface area (Å²) in [6.07, 6.45) is 3.58. The van der Waals surface area contributed by atoms with Gasteiger partial charge in [-0.15, -0.1) is 0 Å². The normalized spacial score (nSPS) is 12.4. The first-order valence-corrected chi connectivity index (χ1v) is 7.44. The zero-order valence-electron chi connectivity index (χ0n) is 9.99. The van der Waals surface area contributed by atoms with E-state index >= 15 is 0 Å². The van der Waals surface area contributed by atoms with Crippen molar-refractivity contribution < 1.29 is 23.7 Å². The first-order chi connectivity index (χ1) is 7.66. The molecular weight excluding hydrogens is 231 g/mol. The van der Waals surface area contributed by atoms with Gasteiger partial charge in [0.1, 0.15) is 0 Å². The quantitative estimate of drug-likeness (QED) is 0.259. The van der Waals surface area contributed by atoms with Crippen molar-refractivity contribution in [1.29, 1.82) is 0 Å². The van der Waals surface area contributed by atoms with Gasteiger partial charge >= 0.3 is 5.97 Å². The van der Waals surface area contributed by atoms with Crippen LogP contribution >= 0.6 is 8.03 Å². The van der Waals surface area contributed by atoms with Gasteiger partial charge in [-0.1, -0.05) is 13.3 Å². The van der Waals surface area contributed by atoms with E-state index in [2.05, 4.69) is 9.78 Å². The Kier molecular flexibility index (Phi) is 10.9. The van der Waals surface area contributed by atoms with E-state index in [1.807, 2.05) is 6.92 Å². The second kappa shape index (κ2) is 11.1. The number of carbonyl (C=O) groups excluding carboxylic acids is 1. The summed E-state index contributed by atoms with van der Waals surface area (Å²) >= 11 is 0. The lowest BCUT2D eigenvalue weighted by Crippen LogP contribution is -2.05. The van der Waals surface area contributed by atoms with Gasteiger partial charge in [0.15, 0.2) is 8.03 Å². The summed E-state index contributed by atoms with van der Waals surface area (Å²) in [5, 5.41) is 0. The van der Waals surface area contributed by atoms with E-state index in [-0.39, 0.29) is 5.97 Å². The molecule has 0 aromatic heterocycles. The number of hydrogen-bond acceptors (Lipinski definition) is 5. The van der Waals surface area contributed by atoms with Crippen molar-refractivity contribution in [3.8, 4) is 0 Å². The van der Waals surface area contributed by atoms with Crippen molar-refractivity contribution in [3.05, 3.63) is 0 Å². The summed E-state index contributed by atoms with van der Waals surface area (Å²) in [5.74, 6) is -0.335. The maximum Gasteiger partial charge on any atom is 0.342 e. The lowest BCUT2D eigenvalue weighted by Gasteiger charge is -2.02. The van der Waals surface area contributed by atoms with Gasteiger partial charge in [0.2, 0.25) is 0 Å². The minimum absolute atomic E-state index is 0.335. The molecule has 0 spiro atoms. The predicted molar refractivity (Wildman–Crippen MR) is 61.7 cm³/mol. The largest absolute Gasteiger partial charge is 0.342 e. The summed E-state index contributed by atoms with van der Waals surface area (Å²) in [4.78, 5) is 20.2. The van der Waals surface area contributed by atoms with Gasteiger partial charge in [-0.2, -0.15) is 4.89 Å². The molecule has 0 saturated heterocycles. The third kappa shape index (κ3) is 11.7. The molecule has 1 atom stereocenters. The molecule has 0 bridgehead atoms. The Morgan fingerprint density at radius 2 is 1.94 bits per heavy atom. The van der Waals surface area contributed by atoms with Gasteiger partial charge in [0.05, 0.1) is 13.2 Å². The molecule has 0 aromatic carbocycles. The second-order valence-electron chi connectivity index (χ2n) is 3.43. The molecule has 0 heterocycles. The Bertz CT molecular complexity index is 207. The third-order valence-electron chi connectivity index (χ3n) is 1.77. The monoisotopic (exact) mass is 252 g/mol. The summed E-state index contributed by atoms with van der Waals surface area (Å²) in [6.45, 7) is 4.43. The van der Waals surface area contributed by atoms with Crippen molar-refractivity contribution in [3.63, 3.8) is 0 Å². The highest BCUT2D eigenvalue weighted by Gasteiger charge is 2.03. The predicted octanol–water partition coefficient (Wildman–Crippen LogP) is 2.55. The Hall–Kier alpha value is -0.380. The molecule has 0 amide bonds. The minimum Gasteiger partial charge on any atom is -0.331 e. The number of rotatable bonds is 10. The molecule has 6 heteroatoms. The van der Waals surface area contributed by atoms with Crippen molar-refractivity contribution in [1.82, 2.24) is 0 Å². The van der Waals surface area contributed by atoms with Gasteiger partial charge in [-0.3, -0.25) is 9.45 Å². The van der Waals surface area contributed by atoms with Gasteiger partial charge in [0, 0.05) is 13.1 Å². The average Bonchev–Trinajstić information content (AvgIpc) is 2.23. The van der Waals surface area contributed by atoms with Crippen LogP contribution in [-0.4, -0.2) is 25.8 Å². The van der Waals surface area contributed by atoms with E-state index in [1.165, 1.54) is 0 Å². The Balaban J connectivity index is 3.18. The van der Waals surface area contributed by atoms with E-state index in [1.54, 1.807) is 6.66 Å². The van der Waals surface area contributed by atoms with E-state index in [0.717, 1.165) is 25.7 Å². The van der Waals surface area contributed by atoms with Crippen LogP contribution < -0.4 is 0 Å². The molecule has 0 aliphatic rings. The Morgan fingerprint density at radius 1 is 1.19 bits per heavy atom. The van der Waals surface area contributed by atoms with Crippen LogP contribution in [0.15, 0.2) is 0 Å². The van der Waals surface area contributed by atoms with Crippen molar-refractivity contribution in [2.24, 2.45) is 0 Å². The fourth-order valence-electron chi connectivity index (χ4n) is 0.996. The molecule has 0 aromatic rings. The van der Waals surface area contributed by atoms with Crippen LogP contribution in [0.4, 0.5) is 0 Å². The SMILES string of the molecule is CCCOOC(=O)CCCCCO[PH](C)=O. The first kappa shape index (κ1) is 15.6. The van der Waals surface area contributed by atoms with E-state index in [4.69, 9.17) is 4.52 Å². The van der Waals surface area contributed by atoms with Crippen LogP contribution in [0, 0.1) is 0 Å². The molecular formula is C10H21O5P. The Morgan fingerprint density at radius 3 is 2.56 bits per heavy atom. The maximum absolute atomic E-state index is 11.0. The fourth-order valence-corrected chi connectivity index (χ4v) is 1.43. The summed E-state index contributed by atoms with van der Waals surface area (Å²) in [6, 6.07) is 0. The molecule has 0 aliphatic heterocycles. The second-order valence-corrected chi connectivity index (χ2v) is 4.70. The van der Waals surface area contributed by atoms with Crippen molar-refractivity contribution >= 4 is 14.0 Å². The molecule has 0 saturated carbocycles. The van der Waals surface area contributed by atoms with Crippen LogP contribution in [0.25, 0.3) is 0 Å². The zero-order chi connectivity index (χ0) is 12.2. The molecule has 16 heavy (non-hydrogen) atoms. The Labute approximate surface area is 97.2 Å². The van der Waals surface area contributed by atoms with Crippen molar-refractivity contribution in [2.45, 2.75) is 39.0 Å². The maximum atomic E-state index is 11.0. The topological polar surface area (TPSA) is 61.8 Å². The molecule has 0 fully saturated rings. The molecule has 0 N–H and O–H groups in total. The van der Waals surface area contributed by atoms with E-state index in [9.17, 15) is 9.36 Å². The van der Waals surface area contributed by atoms with Gasteiger partial charge in [-0.25, -0.2) is 4.79 Å². The van der Waals surface area contributed by atoms with Crippen LogP contribution in [0.1, 0.15) is 39.0 Å². The van der Waals surface area contributed by atoms with Crippen molar-refractivity contribution in [2.75, 3.05) is 19.9 Å². The first-order valence-electron chi connectivity index (χ1n) is 5.62. The van der Waals surface area contributed by atoms with Gasteiger partial charge < -0.3 is 4.52 Å². The molecule has 0 radical (unpaired) electrons. The molecule has 0 aliphatic carbocycles. The van der Waals surface area contributed by atoms with Crippen LogP contribution in [0.5, 0.6) is 0 Å². The standard InChI is InChI=1S/C10H21O5P/c1-3-8-13-15-10(11)7-5-4-6-9-14-16(2)12/h16H,3-9H2,1-2H3. The molecule has 96 valence electrons. The van der Waals surface area contributed by atoms with E-state index in [0.29, 0.717) is 19.6 Å². The third-order valence-corrected chi connectivity index (χ3v) is 2.38. The lowest BCUT2D eigenvalue weighted by molar-refractivity contribution is -0.272. The van der Waals surface area contributed by atoms with Gasteiger partial charge in [0.25, 0.3) is 0 Å². The summed E-state index contributed by atoms with van der Waals surface area (Å²) in [7, 11) is -1.81. The molecule has 5 nitrogen and oxygen atoms in total. The van der Waals surface area contributed by atoms with Gasteiger partial charge in [-0.05, 0) is 19.3 Å². The number of carbonyl (C=O) groups is 1.